The SMILES string of the molecule is O=C(C[N+]12CCC(CC1)C(OC(=O)N(Cc1cc(F)c(F)c(F)c1)c1cccc(F)c1)C2)c1cccs1. The topological polar surface area (TPSA) is 46.6 Å². The third-order valence-corrected chi connectivity index (χ3v) is 8.20. The Morgan fingerprint density at radius 3 is 2.38 bits per heavy atom. The van der Waals surface area contributed by atoms with Crippen LogP contribution >= 0.6 is 11.3 Å². The fraction of sp³-hybridized carbons (Fsp3) is 0.333. The highest BCUT2D eigenvalue weighted by molar-refractivity contribution is 7.12. The van der Waals surface area contributed by atoms with Crippen molar-refractivity contribution in [2.24, 2.45) is 5.92 Å². The van der Waals surface area contributed by atoms with Crippen LogP contribution in [0.25, 0.3) is 0 Å². The number of carbonyl (C=O) groups excluding carboxylic acids is 2. The summed E-state index contributed by atoms with van der Waals surface area (Å²) in [6.07, 6.45) is 0.315. The van der Waals surface area contributed by atoms with E-state index in [1.165, 1.54) is 29.5 Å². The molecule has 5 nitrogen and oxygen atoms in total. The minimum atomic E-state index is -1.61. The minimum Gasteiger partial charge on any atom is -0.440 e. The number of nitrogens with zero attached hydrogens (tertiary/aromatic N) is 2. The van der Waals surface area contributed by atoms with Gasteiger partial charge in [0, 0.05) is 18.8 Å². The van der Waals surface area contributed by atoms with E-state index in [1.807, 2.05) is 11.4 Å². The van der Waals surface area contributed by atoms with E-state index in [2.05, 4.69) is 0 Å². The van der Waals surface area contributed by atoms with Crippen LogP contribution in [0.5, 0.6) is 0 Å². The summed E-state index contributed by atoms with van der Waals surface area (Å²) in [7, 11) is 0. The zero-order chi connectivity index (χ0) is 26.2. The second-order valence-electron chi connectivity index (χ2n) is 9.73. The number of piperidine rings is 3. The van der Waals surface area contributed by atoms with Gasteiger partial charge in [0.1, 0.15) is 18.9 Å². The molecule has 1 atom stereocenters. The van der Waals surface area contributed by atoms with Gasteiger partial charge < -0.3 is 9.22 Å². The van der Waals surface area contributed by atoms with E-state index in [0.717, 1.165) is 49.0 Å². The van der Waals surface area contributed by atoms with Crippen molar-refractivity contribution in [2.45, 2.75) is 25.5 Å². The lowest BCUT2D eigenvalue weighted by Crippen LogP contribution is -2.66. The molecule has 0 spiro atoms. The van der Waals surface area contributed by atoms with Gasteiger partial charge in [0.25, 0.3) is 0 Å². The van der Waals surface area contributed by atoms with Crippen LogP contribution in [0.4, 0.5) is 28.0 Å². The van der Waals surface area contributed by atoms with Crippen LogP contribution in [-0.2, 0) is 11.3 Å². The van der Waals surface area contributed by atoms with Gasteiger partial charge >= 0.3 is 6.09 Å². The van der Waals surface area contributed by atoms with Crippen molar-refractivity contribution in [3.63, 3.8) is 0 Å². The van der Waals surface area contributed by atoms with Crippen molar-refractivity contribution in [2.75, 3.05) is 31.1 Å². The van der Waals surface area contributed by atoms with Gasteiger partial charge in [-0.2, -0.15) is 0 Å². The maximum atomic E-state index is 14.0. The third-order valence-electron chi connectivity index (χ3n) is 7.29. The zero-order valence-electron chi connectivity index (χ0n) is 19.8. The van der Waals surface area contributed by atoms with Gasteiger partial charge in [0.05, 0.1) is 30.2 Å². The lowest BCUT2D eigenvalue weighted by atomic mass is 9.83. The summed E-state index contributed by atoms with van der Waals surface area (Å²) in [6.45, 7) is 2.08. The third kappa shape index (κ3) is 5.40. The Kier molecular flexibility index (Phi) is 7.04. The maximum absolute atomic E-state index is 14.0. The number of rotatable bonds is 7. The Bertz CT molecular complexity index is 1290. The van der Waals surface area contributed by atoms with Gasteiger partial charge in [-0.1, -0.05) is 12.1 Å². The largest absolute Gasteiger partial charge is 0.440 e. The molecule has 2 aromatic carbocycles. The zero-order valence-corrected chi connectivity index (χ0v) is 20.7. The molecule has 3 aliphatic heterocycles. The standard InChI is InChI=1S/C27H25F4N2O3S/c28-19-3-1-4-20(13-19)32(14-17-11-21(29)26(31)22(30)12-17)27(35)36-24-16-33(8-6-18(24)7-9-33)15-23(34)25-5-2-10-37-25/h1-5,10-13,18,24H,6-9,14-16H2/q+1. The number of benzene rings is 2. The van der Waals surface area contributed by atoms with Gasteiger partial charge in [-0.05, 0) is 47.3 Å². The molecule has 0 saturated carbocycles. The average molecular weight is 534 g/mol. The van der Waals surface area contributed by atoms with E-state index >= 15 is 0 Å². The molecule has 1 amide bonds. The molecule has 4 heterocycles. The highest BCUT2D eigenvalue weighted by Gasteiger charge is 2.49. The number of ether oxygens (including phenoxy) is 1. The monoisotopic (exact) mass is 533 g/mol. The normalized spacial score (nSPS) is 22.6. The molecule has 2 bridgehead atoms. The van der Waals surface area contributed by atoms with Crippen LogP contribution in [0.1, 0.15) is 28.1 Å². The van der Waals surface area contributed by atoms with Crippen molar-refractivity contribution in [1.29, 1.82) is 0 Å². The fourth-order valence-corrected chi connectivity index (χ4v) is 6.03. The summed E-state index contributed by atoms with van der Waals surface area (Å²) < 4.78 is 61.6. The molecule has 0 radical (unpaired) electrons. The summed E-state index contributed by atoms with van der Waals surface area (Å²) in [5.74, 6) is -4.81. The van der Waals surface area contributed by atoms with E-state index < -0.39 is 35.5 Å². The van der Waals surface area contributed by atoms with Crippen LogP contribution in [0, 0.1) is 29.2 Å². The minimum absolute atomic E-state index is 0.0171. The molecule has 37 heavy (non-hydrogen) atoms. The lowest BCUT2D eigenvalue weighted by molar-refractivity contribution is -0.938. The maximum Gasteiger partial charge on any atom is 0.415 e. The fourth-order valence-electron chi connectivity index (χ4n) is 5.38. The number of hydrogen-bond acceptors (Lipinski definition) is 4. The predicted octanol–water partition coefficient (Wildman–Crippen LogP) is 5.94. The predicted molar refractivity (Wildman–Crippen MR) is 130 cm³/mol. The smallest absolute Gasteiger partial charge is 0.415 e. The van der Waals surface area contributed by atoms with Crippen LogP contribution in [0.15, 0.2) is 53.9 Å². The molecule has 1 aromatic heterocycles. The number of hydrogen-bond donors (Lipinski definition) is 0. The average Bonchev–Trinajstić information content (AvgIpc) is 3.41. The molecular weight excluding hydrogens is 508 g/mol. The van der Waals surface area contributed by atoms with Crippen molar-refractivity contribution in [1.82, 2.24) is 0 Å². The van der Waals surface area contributed by atoms with Crippen LogP contribution < -0.4 is 4.90 Å². The Morgan fingerprint density at radius 1 is 1.00 bits per heavy atom. The van der Waals surface area contributed by atoms with Crippen molar-refractivity contribution >= 4 is 28.9 Å². The number of amides is 1. The first-order chi connectivity index (χ1) is 17.7. The Labute approximate surface area is 215 Å². The molecule has 10 heteroatoms. The van der Waals surface area contributed by atoms with Crippen molar-refractivity contribution in [3.05, 3.63) is 87.6 Å². The number of carbonyl (C=O) groups is 2. The summed E-state index contributed by atoms with van der Waals surface area (Å²) in [5, 5.41) is 1.86. The quantitative estimate of drug-likeness (QED) is 0.164. The number of anilines is 1. The first-order valence-electron chi connectivity index (χ1n) is 12.0. The summed E-state index contributed by atoms with van der Waals surface area (Å²) in [6, 6.07) is 10.4. The molecule has 6 rings (SSSR count). The van der Waals surface area contributed by atoms with Gasteiger partial charge in [0.15, 0.2) is 23.6 Å². The molecule has 3 saturated heterocycles. The second kappa shape index (κ2) is 10.3. The lowest BCUT2D eigenvalue weighted by Gasteiger charge is -2.51. The van der Waals surface area contributed by atoms with Gasteiger partial charge in [-0.3, -0.25) is 9.69 Å². The molecule has 0 N–H and O–H groups in total. The van der Waals surface area contributed by atoms with Crippen LogP contribution in [0.3, 0.4) is 0 Å². The van der Waals surface area contributed by atoms with Crippen LogP contribution in [0.2, 0.25) is 0 Å². The second-order valence-corrected chi connectivity index (χ2v) is 10.7. The number of quaternary nitrogens is 1. The molecule has 194 valence electrons. The molecule has 3 fully saturated rings. The highest BCUT2D eigenvalue weighted by atomic mass is 32.1. The van der Waals surface area contributed by atoms with E-state index in [1.54, 1.807) is 6.07 Å². The summed E-state index contributed by atoms with van der Waals surface area (Å²) in [5.41, 5.74) is 0.116. The Hall–Kier alpha value is -3.24. The van der Waals surface area contributed by atoms with E-state index in [0.29, 0.717) is 22.4 Å². The van der Waals surface area contributed by atoms with Crippen LogP contribution in [-0.4, -0.2) is 48.6 Å². The molecular formula is C27H25F4N2O3S+. The summed E-state index contributed by atoms with van der Waals surface area (Å²) in [4.78, 5) is 28.0. The van der Waals surface area contributed by atoms with Gasteiger partial charge in [-0.15, -0.1) is 11.3 Å². The molecule has 0 aliphatic carbocycles. The highest BCUT2D eigenvalue weighted by Crippen LogP contribution is 2.36. The molecule has 3 aliphatic rings. The first-order valence-corrected chi connectivity index (χ1v) is 12.9. The van der Waals surface area contributed by atoms with Gasteiger partial charge in [0.2, 0.25) is 5.78 Å². The number of ketones is 1. The number of fused-ring (bicyclic) bond motifs is 3. The molecule has 1 unspecified atom stereocenters. The Morgan fingerprint density at radius 2 is 1.73 bits per heavy atom. The Balaban J connectivity index is 1.36. The number of thiophene rings is 1. The summed E-state index contributed by atoms with van der Waals surface area (Å²) >= 11 is 1.40. The first kappa shape index (κ1) is 25.4. The van der Waals surface area contributed by atoms with Gasteiger partial charge in [-0.25, -0.2) is 22.4 Å². The number of Topliss-reactive ketones (excluding diaryl/α,β-unsaturated/α-hetero) is 1. The van der Waals surface area contributed by atoms with E-state index in [4.69, 9.17) is 4.74 Å². The van der Waals surface area contributed by atoms with E-state index in [9.17, 15) is 27.2 Å². The van der Waals surface area contributed by atoms with Crippen molar-refractivity contribution in [3.8, 4) is 0 Å². The molecule has 3 aromatic rings. The van der Waals surface area contributed by atoms with Crippen molar-refractivity contribution < 1.29 is 36.4 Å². The number of halogens is 4. The van der Waals surface area contributed by atoms with E-state index in [-0.39, 0.29) is 29.5 Å².